The molecule has 0 atom stereocenters. The fraction of sp³-hybridized carbons (Fsp3) is 0.182. The van der Waals surface area contributed by atoms with Crippen LogP contribution in [0.2, 0.25) is 0 Å². The first-order valence-corrected chi connectivity index (χ1v) is 10.8. The first-order valence-electron chi connectivity index (χ1n) is 4.43. The summed E-state index contributed by atoms with van der Waals surface area (Å²) >= 11 is -0.826. The second kappa shape index (κ2) is 6.82. The minimum atomic E-state index is -0.826. The van der Waals surface area contributed by atoms with Gasteiger partial charge in [0.05, 0.1) is 0 Å². The molecule has 0 N–H and O–H groups in total. The first-order chi connectivity index (χ1) is 6.83. The molecule has 0 saturated carbocycles. The van der Waals surface area contributed by atoms with Crippen molar-refractivity contribution in [2.45, 2.75) is 13.3 Å². The molecule has 0 aliphatic heterocycles. The summed E-state index contributed by atoms with van der Waals surface area (Å²) in [4.78, 5) is 0. The van der Waals surface area contributed by atoms with Crippen molar-refractivity contribution in [2.24, 2.45) is 0 Å². The molecular weight excluding hydrogens is 294 g/mol. The number of allylic oxidation sites excluding steroid dienone is 1. The molecule has 0 nitrogen and oxygen atoms in total. The van der Waals surface area contributed by atoms with Crippen molar-refractivity contribution in [1.29, 1.82) is 0 Å². The van der Waals surface area contributed by atoms with Crippen molar-refractivity contribution in [2.75, 3.05) is 0 Å². The molecule has 0 amide bonds. The van der Waals surface area contributed by atoms with Crippen LogP contribution in [0.4, 0.5) is 0 Å². The maximum absolute atomic E-state index is 4.93. The van der Waals surface area contributed by atoms with Crippen LogP contribution >= 0.6 is 17.0 Å². The first kappa shape index (κ1) is 12.5. The Bertz CT molecular complexity index is 321. The predicted molar refractivity (Wildman–Crippen MR) is 60.0 cm³/mol. The zero-order valence-electron chi connectivity index (χ0n) is 7.93. The summed E-state index contributed by atoms with van der Waals surface area (Å²) in [7, 11) is 9.87. The number of halogens is 2. The number of fused-ring (bicyclic) bond motifs is 1. The molecule has 3 heteroatoms. The van der Waals surface area contributed by atoms with Gasteiger partial charge in [0.25, 0.3) is 0 Å². The van der Waals surface area contributed by atoms with E-state index in [1.165, 1.54) is 16.7 Å². The zero-order valence-corrected chi connectivity index (χ0v) is 11.9. The molecule has 1 aliphatic rings. The number of rotatable bonds is 1. The van der Waals surface area contributed by atoms with Crippen LogP contribution in [0.15, 0.2) is 24.3 Å². The second-order valence-corrected chi connectivity index (χ2v) is 6.60. The van der Waals surface area contributed by atoms with E-state index in [0.29, 0.717) is 0 Å². The van der Waals surface area contributed by atoms with Crippen LogP contribution in [0.1, 0.15) is 23.6 Å². The van der Waals surface area contributed by atoms with Crippen molar-refractivity contribution in [3.8, 4) is 0 Å². The average molecular weight is 305 g/mol. The summed E-state index contributed by atoms with van der Waals surface area (Å²) < 4.78 is 0. The van der Waals surface area contributed by atoms with Crippen molar-refractivity contribution in [1.82, 2.24) is 0 Å². The van der Waals surface area contributed by atoms with Gasteiger partial charge in [-0.3, -0.25) is 0 Å². The predicted octanol–water partition coefficient (Wildman–Crippen LogP) is 4.20. The van der Waals surface area contributed by atoms with E-state index in [2.05, 4.69) is 43.7 Å². The number of hydrogen-bond acceptors (Lipinski definition) is 0. The van der Waals surface area contributed by atoms with Crippen molar-refractivity contribution in [3.63, 3.8) is 0 Å². The van der Waals surface area contributed by atoms with Gasteiger partial charge in [-0.15, -0.1) is 0 Å². The minimum absolute atomic E-state index is 0.826. The molecule has 0 saturated heterocycles. The van der Waals surface area contributed by atoms with Gasteiger partial charge < -0.3 is 0 Å². The summed E-state index contributed by atoms with van der Waals surface area (Å²) in [6, 6.07) is 6.48. The molecule has 0 unspecified atom stereocenters. The van der Waals surface area contributed by atoms with Crippen molar-refractivity contribution in [3.05, 3.63) is 47.4 Å². The van der Waals surface area contributed by atoms with Crippen LogP contribution in [-0.4, -0.2) is 0 Å². The van der Waals surface area contributed by atoms with Crippen LogP contribution in [0.25, 0.3) is 6.08 Å². The monoisotopic (exact) mass is 303 g/mol. The molecular formula is C11H11Cl2Zr. The third kappa shape index (κ3) is 3.22. The van der Waals surface area contributed by atoms with Crippen molar-refractivity contribution < 1.29 is 20.8 Å². The van der Waals surface area contributed by atoms with Gasteiger partial charge in [-0.2, -0.15) is 0 Å². The van der Waals surface area contributed by atoms with Gasteiger partial charge in [-0.25, -0.2) is 0 Å². The Kier molecular flexibility index (Phi) is 6.09. The topological polar surface area (TPSA) is 0 Å². The average Bonchev–Trinajstić information content (AvgIpc) is 2.66. The van der Waals surface area contributed by atoms with E-state index >= 15 is 0 Å². The molecule has 73 valence electrons. The molecule has 0 aromatic heterocycles. The summed E-state index contributed by atoms with van der Waals surface area (Å²) in [5.41, 5.74) is 4.23. The number of hydrogen-bond donors (Lipinski definition) is 0. The fourth-order valence-electron chi connectivity index (χ4n) is 1.54. The van der Waals surface area contributed by atoms with E-state index < -0.39 is 20.8 Å². The van der Waals surface area contributed by atoms with Crippen LogP contribution in [0.5, 0.6) is 0 Å². The molecule has 0 heterocycles. The standard InChI is InChI=1S/C11H11.2ClH.Zr/c1-2-9-5-3-6-10-7-4-8-11(9)10;;;/h3-8H,2H2,1H3;2*1H;/q;;;+2/p-2. The molecule has 0 spiro atoms. The van der Waals surface area contributed by atoms with Gasteiger partial charge in [0.2, 0.25) is 0 Å². The molecule has 2 rings (SSSR count). The van der Waals surface area contributed by atoms with E-state index in [9.17, 15) is 0 Å². The van der Waals surface area contributed by atoms with Gasteiger partial charge in [0.15, 0.2) is 0 Å². The van der Waals surface area contributed by atoms with E-state index in [1.54, 1.807) is 0 Å². The van der Waals surface area contributed by atoms with Crippen LogP contribution in [0, 0.1) is 6.42 Å². The molecule has 1 aromatic carbocycles. The Balaban J connectivity index is 0.000000293. The summed E-state index contributed by atoms with van der Waals surface area (Å²) in [6.45, 7) is 2.20. The van der Waals surface area contributed by atoms with Gasteiger partial charge in [-0.1, -0.05) is 37.3 Å². The molecule has 1 radical (unpaired) electrons. The van der Waals surface area contributed by atoms with Gasteiger partial charge in [0, 0.05) is 6.42 Å². The van der Waals surface area contributed by atoms with Gasteiger partial charge in [-0.05, 0) is 23.1 Å². The van der Waals surface area contributed by atoms with E-state index in [0.717, 1.165) is 6.42 Å². The summed E-state index contributed by atoms with van der Waals surface area (Å²) in [5, 5.41) is 0. The Morgan fingerprint density at radius 1 is 1.29 bits per heavy atom. The van der Waals surface area contributed by atoms with Crippen molar-refractivity contribution >= 4 is 23.1 Å². The normalized spacial score (nSPS) is 11.6. The molecule has 14 heavy (non-hydrogen) atoms. The Morgan fingerprint density at radius 2 is 2.00 bits per heavy atom. The zero-order chi connectivity index (χ0) is 10.4. The Labute approximate surface area is 104 Å². The summed E-state index contributed by atoms with van der Waals surface area (Å²) in [5.74, 6) is 0. The Hall–Kier alpha value is 0.423. The molecule has 1 aromatic rings. The maximum atomic E-state index is 4.93. The Morgan fingerprint density at radius 3 is 2.64 bits per heavy atom. The van der Waals surface area contributed by atoms with Crippen LogP contribution in [0.3, 0.4) is 0 Å². The third-order valence-corrected chi connectivity index (χ3v) is 2.15. The number of benzene rings is 1. The fourth-order valence-corrected chi connectivity index (χ4v) is 1.54. The SMILES string of the molecule is CCc1cccc2c1[CH]C=C2.[Cl][Zr][Cl]. The van der Waals surface area contributed by atoms with E-state index in [4.69, 9.17) is 17.0 Å². The summed E-state index contributed by atoms with van der Waals surface area (Å²) in [6.07, 6.45) is 7.59. The molecule has 0 bridgehead atoms. The van der Waals surface area contributed by atoms with Crippen LogP contribution < -0.4 is 0 Å². The van der Waals surface area contributed by atoms with E-state index in [-0.39, 0.29) is 0 Å². The number of aryl methyl sites for hydroxylation is 1. The quantitative estimate of drug-likeness (QED) is 0.729. The second-order valence-electron chi connectivity index (χ2n) is 2.87. The van der Waals surface area contributed by atoms with E-state index in [1.807, 2.05) is 0 Å². The third-order valence-electron chi connectivity index (χ3n) is 2.15. The van der Waals surface area contributed by atoms with Gasteiger partial charge >= 0.3 is 37.9 Å². The van der Waals surface area contributed by atoms with Crippen LogP contribution in [-0.2, 0) is 27.3 Å². The van der Waals surface area contributed by atoms with Gasteiger partial charge in [0.1, 0.15) is 0 Å². The molecule has 1 aliphatic carbocycles. The molecule has 0 fully saturated rings.